The summed E-state index contributed by atoms with van der Waals surface area (Å²) in [5, 5.41) is 21.0. The van der Waals surface area contributed by atoms with Crippen molar-refractivity contribution >= 4 is 0 Å². The standard InChI is InChI=1S/C17H17F3N2O3/c1-15(24)9-16(10-15,13(23)14-21-7-2-8-22-14)11-3-5-12(6-4-11)25-17(18,19)20/h2-8,13,23-24H,9-10H2,1H3/t13-,15?,16?/m1/s1. The molecule has 1 atom stereocenters. The van der Waals surface area contributed by atoms with Gasteiger partial charge in [0.25, 0.3) is 0 Å². The van der Waals surface area contributed by atoms with Crippen LogP contribution in [0.3, 0.4) is 0 Å². The number of alkyl halides is 3. The molecule has 2 aromatic rings. The molecule has 1 aromatic heterocycles. The van der Waals surface area contributed by atoms with Crippen molar-refractivity contribution in [3.8, 4) is 5.75 Å². The maximum Gasteiger partial charge on any atom is 0.573 e. The molecule has 8 heteroatoms. The van der Waals surface area contributed by atoms with Crippen LogP contribution < -0.4 is 4.74 Å². The molecule has 0 spiro atoms. The van der Waals surface area contributed by atoms with Crippen LogP contribution in [0, 0.1) is 0 Å². The lowest BCUT2D eigenvalue weighted by Crippen LogP contribution is -2.56. The molecule has 1 heterocycles. The summed E-state index contributed by atoms with van der Waals surface area (Å²) >= 11 is 0. The molecule has 0 amide bonds. The molecule has 0 bridgehead atoms. The lowest BCUT2D eigenvalue weighted by atomic mass is 9.54. The Morgan fingerprint density at radius 3 is 2.16 bits per heavy atom. The molecule has 1 fully saturated rings. The van der Waals surface area contributed by atoms with Gasteiger partial charge in [-0.3, -0.25) is 0 Å². The predicted molar refractivity (Wildman–Crippen MR) is 81.7 cm³/mol. The molecule has 1 aliphatic carbocycles. The zero-order chi connectivity index (χ0) is 18.3. The van der Waals surface area contributed by atoms with Gasteiger partial charge in [0.1, 0.15) is 11.9 Å². The van der Waals surface area contributed by atoms with Crippen molar-refractivity contribution in [3.63, 3.8) is 0 Å². The van der Waals surface area contributed by atoms with Crippen LogP contribution >= 0.6 is 0 Å². The number of rotatable bonds is 4. The Kier molecular flexibility index (Phi) is 4.20. The fourth-order valence-electron chi connectivity index (χ4n) is 3.55. The second-order valence-electron chi connectivity index (χ2n) is 6.59. The topological polar surface area (TPSA) is 75.5 Å². The van der Waals surface area contributed by atoms with Gasteiger partial charge < -0.3 is 14.9 Å². The zero-order valence-corrected chi connectivity index (χ0v) is 13.4. The Morgan fingerprint density at radius 1 is 1.12 bits per heavy atom. The third-order valence-corrected chi connectivity index (χ3v) is 4.41. The van der Waals surface area contributed by atoms with E-state index in [9.17, 15) is 23.4 Å². The maximum absolute atomic E-state index is 12.3. The van der Waals surface area contributed by atoms with E-state index in [1.165, 1.54) is 36.7 Å². The molecule has 2 N–H and O–H groups in total. The number of aliphatic hydroxyl groups is 2. The summed E-state index contributed by atoms with van der Waals surface area (Å²) in [5.41, 5.74) is -1.26. The van der Waals surface area contributed by atoms with Gasteiger partial charge in [-0.1, -0.05) is 12.1 Å². The van der Waals surface area contributed by atoms with E-state index in [-0.39, 0.29) is 24.4 Å². The summed E-state index contributed by atoms with van der Waals surface area (Å²) in [4.78, 5) is 8.10. The van der Waals surface area contributed by atoms with E-state index in [1.54, 1.807) is 13.0 Å². The van der Waals surface area contributed by atoms with E-state index in [0.29, 0.717) is 5.56 Å². The van der Waals surface area contributed by atoms with E-state index in [0.717, 1.165) is 0 Å². The van der Waals surface area contributed by atoms with E-state index in [1.807, 2.05) is 0 Å². The molecule has 3 rings (SSSR count). The highest BCUT2D eigenvalue weighted by molar-refractivity contribution is 5.38. The SMILES string of the molecule is CC1(O)CC(c2ccc(OC(F)(F)F)cc2)([C@H](O)c2ncccn2)C1. The summed E-state index contributed by atoms with van der Waals surface area (Å²) in [6.07, 6.45) is -2.40. The van der Waals surface area contributed by atoms with Gasteiger partial charge in [-0.25, -0.2) is 9.97 Å². The molecule has 0 saturated heterocycles. The molecular weight excluding hydrogens is 337 g/mol. The highest BCUT2D eigenvalue weighted by atomic mass is 19.4. The first-order chi connectivity index (χ1) is 11.6. The van der Waals surface area contributed by atoms with Crippen molar-refractivity contribution in [2.24, 2.45) is 0 Å². The molecule has 0 unspecified atom stereocenters. The molecule has 134 valence electrons. The van der Waals surface area contributed by atoms with E-state index in [2.05, 4.69) is 14.7 Å². The van der Waals surface area contributed by atoms with Crippen molar-refractivity contribution in [2.75, 3.05) is 0 Å². The summed E-state index contributed by atoms with van der Waals surface area (Å²) in [5.74, 6) is -0.142. The Labute approximate surface area is 142 Å². The minimum absolute atomic E-state index is 0.202. The first-order valence-electron chi connectivity index (χ1n) is 7.65. The van der Waals surface area contributed by atoms with Crippen molar-refractivity contribution in [1.29, 1.82) is 0 Å². The average molecular weight is 354 g/mol. The smallest absolute Gasteiger partial charge is 0.406 e. The van der Waals surface area contributed by atoms with Crippen molar-refractivity contribution < 1.29 is 28.1 Å². The van der Waals surface area contributed by atoms with Crippen LogP contribution in [0.4, 0.5) is 13.2 Å². The van der Waals surface area contributed by atoms with Gasteiger partial charge in [-0.2, -0.15) is 0 Å². The highest BCUT2D eigenvalue weighted by Crippen LogP contribution is 2.56. The molecule has 1 aliphatic rings. The van der Waals surface area contributed by atoms with Crippen LogP contribution in [0.5, 0.6) is 5.75 Å². The second kappa shape index (κ2) is 5.96. The highest BCUT2D eigenvalue weighted by Gasteiger charge is 2.57. The number of aliphatic hydroxyl groups excluding tert-OH is 1. The quantitative estimate of drug-likeness (QED) is 0.883. The summed E-state index contributed by atoms with van der Waals surface area (Å²) in [6.45, 7) is 1.64. The largest absolute Gasteiger partial charge is 0.573 e. The van der Waals surface area contributed by atoms with Gasteiger partial charge in [0.15, 0.2) is 5.82 Å². The Bertz CT molecular complexity index is 725. The van der Waals surface area contributed by atoms with Crippen LogP contribution in [0.25, 0.3) is 0 Å². The van der Waals surface area contributed by atoms with Crippen LogP contribution in [0.2, 0.25) is 0 Å². The number of hydrogen-bond acceptors (Lipinski definition) is 5. The maximum atomic E-state index is 12.3. The molecule has 25 heavy (non-hydrogen) atoms. The van der Waals surface area contributed by atoms with Crippen molar-refractivity contribution in [2.45, 2.75) is 43.2 Å². The molecule has 1 aromatic carbocycles. The Morgan fingerprint density at radius 2 is 1.68 bits per heavy atom. The number of nitrogens with zero attached hydrogens (tertiary/aromatic N) is 2. The van der Waals surface area contributed by atoms with Gasteiger partial charge in [0.05, 0.1) is 5.60 Å². The van der Waals surface area contributed by atoms with Gasteiger partial charge in [-0.15, -0.1) is 13.2 Å². The predicted octanol–water partition coefficient (Wildman–Crippen LogP) is 2.89. The summed E-state index contributed by atoms with van der Waals surface area (Å²) < 4.78 is 40.7. The Balaban J connectivity index is 1.92. The molecule has 5 nitrogen and oxygen atoms in total. The summed E-state index contributed by atoms with van der Waals surface area (Å²) in [6, 6.07) is 6.92. The Hall–Kier alpha value is -2.19. The number of ether oxygens (including phenoxy) is 1. The van der Waals surface area contributed by atoms with Gasteiger partial charge >= 0.3 is 6.36 Å². The first kappa shape index (κ1) is 17.6. The lowest BCUT2D eigenvalue weighted by molar-refractivity contribution is -0.274. The minimum atomic E-state index is -4.77. The van der Waals surface area contributed by atoms with Gasteiger partial charge in [0, 0.05) is 17.8 Å². The third kappa shape index (κ3) is 3.59. The summed E-state index contributed by atoms with van der Waals surface area (Å²) in [7, 11) is 0. The average Bonchev–Trinajstić information content (AvgIpc) is 2.51. The molecule has 1 saturated carbocycles. The number of hydrogen-bond donors (Lipinski definition) is 2. The van der Waals surface area contributed by atoms with Crippen molar-refractivity contribution in [3.05, 3.63) is 54.1 Å². The van der Waals surface area contributed by atoms with Crippen LogP contribution in [0.15, 0.2) is 42.7 Å². The van der Waals surface area contributed by atoms with E-state index < -0.39 is 23.5 Å². The number of halogens is 3. The minimum Gasteiger partial charge on any atom is -0.406 e. The lowest BCUT2D eigenvalue weighted by Gasteiger charge is -2.54. The van der Waals surface area contributed by atoms with Gasteiger partial charge in [0.2, 0.25) is 0 Å². The zero-order valence-electron chi connectivity index (χ0n) is 13.4. The first-order valence-corrected chi connectivity index (χ1v) is 7.65. The molecule has 0 aliphatic heterocycles. The van der Waals surface area contributed by atoms with E-state index in [4.69, 9.17) is 0 Å². The van der Waals surface area contributed by atoms with Gasteiger partial charge in [-0.05, 0) is 43.5 Å². The number of benzene rings is 1. The van der Waals surface area contributed by atoms with E-state index >= 15 is 0 Å². The number of aromatic nitrogens is 2. The fourth-order valence-corrected chi connectivity index (χ4v) is 3.55. The third-order valence-electron chi connectivity index (χ3n) is 4.41. The molecular formula is C17H17F3N2O3. The van der Waals surface area contributed by atoms with Crippen LogP contribution in [-0.2, 0) is 5.41 Å². The second-order valence-corrected chi connectivity index (χ2v) is 6.59. The normalized spacial score (nSPS) is 27.4. The molecule has 0 radical (unpaired) electrons. The van der Waals surface area contributed by atoms with Crippen molar-refractivity contribution in [1.82, 2.24) is 9.97 Å². The monoisotopic (exact) mass is 354 g/mol. The fraction of sp³-hybridized carbons (Fsp3) is 0.412. The van der Waals surface area contributed by atoms with Crippen LogP contribution in [0.1, 0.15) is 37.3 Å². The van der Waals surface area contributed by atoms with Crippen LogP contribution in [-0.4, -0.2) is 32.1 Å².